The van der Waals surface area contributed by atoms with Crippen LogP contribution in [0.3, 0.4) is 0 Å². The summed E-state index contributed by atoms with van der Waals surface area (Å²) in [5.74, 6) is -0.0792. The van der Waals surface area contributed by atoms with Gasteiger partial charge in [0.2, 0.25) is 5.91 Å². The molecule has 28 heavy (non-hydrogen) atoms. The first-order chi connectivity index (χ1) is 13.2. The number of benzene rings is 1. The normalized spacial score (nSPS) is 21.7. The van der Waals surface area contributed by atoms with Crippen molar-refractivity contribution in [3.63, 3.8) is 0 Å². The van der Waals surface area contributed by atoms with Crippen molar-refractivity contribution in [2.45, 2.75) is 45.8 Å². The smallest absolute Gasteiger partial charge is 0.400 e. The van der Waals surface area contributed by atoms with Gasteiger partial charge in [-0.1, -0.05) is 18.2 Å². The van der Waals surface area contributed by atoms with Gasteiger partial charge in [-0.2, -0.15) is 0 Å². The number of hydrogen-bond acceptors (Lipinski definition) is 5. The Kier molecular flexibility index (Phi) is 6.17. The van der Waals surface area contributed by atoms with Crippen molar-refractivity contribution in [1.82, 2.24) is 5.32 Å². The monoisotopic (exact) mass is 386 g/mol. The summed E-state index contributed by atoms with van der Waals surface area (Å²) in [6.07, 6.45) is 2.06. The maximum atomic E-state index is 11.5. The van der Waals surface area contributed by atoms with E-state index in [1.165, 1.54) is 12.6 Å². The third-order valence-electron chi connectivity index (χ3n) is 5.70. The van der Waals surface area contributed by atoms with Gasteiger partial charge in [0.15, 0.2) is 0 Å². The van der Waals surface area contributed by atoms with Gasteiger partial charge in [-0.25, -0.2) is 0 Å². The van der Waals surface area contributed by atoms with Crippen LogP contribution >= 0.6 is 0 Å². The number of ether oxygens (including phenoxy) is 1. The van der Waals surface area contributed by atoms with E-state index in [1.807, 2.05) is 27.7 Å². The second kappa shape index (κ2) is 8.27. The lowest BCUT2D eigenvalue weighted by molar-refractivity contribution is -0.118. The van der Waals surface area contributed by atoms with E-state index in [0.717, 1.165) is 37.3 Å². The molecule has 2 heterocycles. The van der Waals surface area contributed by atoms with Crippen molar-refractivity contribution in [2.75, 3.05) is 37.7 Å². The summed E-state index contributed by atoms with van der Waals surface area (Å²) in [4.78, 5) is 13.8. The van der Waals surface area contributed by atoms with Crippen molar-refractivity contribution < 1.29 is 18.8 Å². The second-order valence-corrected chi connectivity index (χ2v) is 8.41. The fourth-order valence-corrected chi connectivity index (χ4v) is 3.27. The predicted octanol–water partition coefficient (Wildman–Crippen LogP) is 2.67. The number of carbonyl (C=O) groups is 1. The molecule has 1 N–H and O–H groups in total. The average molecular weight is 386 g/mol. The van der Waals surface area contributed by atoms with Crippen LogP contribution in [-0.4, -0.2) is 57.1 Å². The second-order valence-electron chi connectivity index (χ2n) is 8.41. The summed E-state index contributed by atoms with van der Waals surface area (Å²) in [5.41, 5.74) is 2.27. The zero-order valence-corrected chi connectivity index (χ0v) is 17.6. The maximum absolute atomic E-state index is 11.5. The number of amides is 1. The first kappa shape index (κ1) is 20.9. The maximum Gasteiger partial charge on any atom is 0.492 e. The fourth-order valence-electron chi connectivity index (χ4n) is 3.27. The molecule has 0 spiro atoms. The molecule has 0 unspecified atom stereocenters. The quantitative estimate of drug-likeness (QED) is 0.789. The van der Waals surface area contributed by atoms with Crippen LogP contribution in [0.1, 0.15) is 40.2 Å². The van der Waals surface area contributed by atoms with Gasteiger partial charge >= 0.3 is 7.12 Å². The molecule has 0 aromatic heterocycles. The van der Waals surface area contributed by atoms with Crippen LogP contribution in [0, 0.1) is 0 Å². The number of morpholine rings is 1. The van der Waals surface area contributed by atoms with E-state index in [4.69, 9.17) is 14.0 Å². The number of nitrogens with one attached hydrogen (secondary N) is 1. The van der Waals surface area contributed by atoms with Crippen LogP contribution in [0.5, 0.6) is 0 Å². The van der Waals surface area contributed by atoms with Crippen LogP contribution in [0.15, 0.2) is 29.7 Å². The van der Waals surface area contributed by atoms with Gasteiger partial charge < -0.3 is 24.3 Å². The number of hydrogen-bond donors (Lipinski definition) is 1. The number of anilines is 1. The van der Waals surface area contributed by atoms with Crippen molar-refractivity contribution in [2.24, 2.45) is 0 Å². The minimum atomic E-state index is -0.496. The molecule has 0 aliphatic carbocycles. The van der Waals surface area contributed by atoms with Crippen molar-refractivity contribution in [1.29, 1.82) is 0 Å². The third-order valence-corrected chi connectivity index (χ3v) is 5.70. The van der Waals surface area contributed by atoms with E-state index in [9.17, 15) is 4.79 Å². The summed E-state index contributed by atoms with van der Waals surface area (Å²) in [6.45, 7) is 13.3. The Balaban J connectivity index is 1.86. The Hall–Kier alpha value is -1.83. The van der Waals surface area contributed by atoms with Crippen LogP contribution in [0.2, 0.25) is 0 Å². The lowest BCUT2D eigenvalue weighted by atomic mass is 9.77. The summed E-state index contributed by atoms with van der Waals surface area (Å²) in [5, 5.41) is 2.88. The van der Waals surface area contributed by atoms with Gasteiger partial charge in [0.05, 0.1) is 24.4 Å². The lowest BCUT2D eigenvalue weighted by Gasteiger charge is -2.32. The van der Waals surface area contributed by atoms with Crippen LogP contribution in [-0.2, 0) is 18.8 Å². The molecule has 2 saturated heterocycles. The molecule has 3 rings (SSSR count). The van der Waals surface area contributed by atoms with Gasteiger partial charge in [0, 0.05) is 32.2 Å². The molecule has 7 heteroatoms. The van der Waals surface area contributed by atoms with Crippen molar-refractivity contribution >= 4 is 24.8 Å². The van der Waals surface area contributed by atoms with Gasteiger partial charge in [-0.3, -0.25) is 4.79 Å². The summed E-state index contributed by atoms with van der Waals surface area (Å²) >= 11 is 0. The number of nitrogens with zero attached hydrogens (tertiary/aromatic N) is 1. The molecule has 2 aliphatic heterocycles. The van der Waals surface area contributed by atoms with Crippen LogP contribution < -0.4 is 10.2 Å². The molecule has 1 aromatic carbocycles. The molecule has 0 radical (unpaired) electrons. The molecule has 6 nitrogen and oxygen atoms in total. The van der Waals surface area contributed by atoms with E-state index < -0.39 is 18.3 Å². The Morgan fingerprint density at radius 1 is 1.18 bits per heavy atom. The summed E-state index contributed by atoms with van der Waals surface area (Å²) in [6, 6.07) is 8.38. The Morgan fingerprint density at radius 3 is 2.43 bits per heavy atom. The molecule has 1 amide bonds. The summed E-state index contributed by atoms with van der Waals surface area (Å²) < 4.78 is 17.9. The van der Waals surface area contributed by atoms with Crippen LogP contribution in [0.25, 0.3) is 6.08 Å². The van der Waals surface area contributed by atoms with Gasteiger partial charge in [0.25, 0.3) is 0 Å². The fraction of sp³-hybridized carbons (Fsp3) is 0.571. The van der Waals surface area contributed by atoms with E-state index in [0.29, 0.717) is 6.54 Å². The lowest BCUT2D eigenvalue weighted by Crippen LogP contribution is -2.41. The minimum Gasteiger partial charge on any atom is -0.400 e. The predicted molar refractivity (Wildman–Crippen MR) is 112 cm³/mol. The molecule has 0 bridgehead atoms. The minimum absolute atomic E-state index is 0.0792. The molecular formula is C21H31BN2O4. The number of carbonyl (C=O) groups excluding carboxylic acids is 1. The SMILES string of the molecule is CC(=O)NCC(=Cc1cccc(N2CCOCC2)c1)B1OC(C)(C)C(C)(C)O1. The van der Waals surface area contributed by atoms with E-state index in [-0.39, 0.29) is 5.91 Å². The van der Waals surface area contributed by atoms with E-state index in [2.05, 4.69) is 40.6 Å². The van der Waals surface area contributed by atoms with Crippen LogP contribution in [0.4, 0.5) is 5.69 Å². The van der Waals surface area contributed by atoms with Gasteiger partial charge in [-0.05, 0) is 50.9 Å². The van der Waals surface area contributed by atoms with Crippen molar-refractivity contribution in [3.8, 4) is 0 Å². The standard InChI is InChI=1S/C21H31BN2O4/c1-16(25)23-15-18(22-27-20(2,3)21(4,5)28-22)13-17-7-6-8-19(14-17)24-9-11-26-12-10-24/h6-8,13-14H,9-12,15H2,1-5H3,(H,23,25). The molecule has 2 fully saturated rings. The zero-order valence-electron chi connectivity index (χ0n) is 17.6. The highest BCUT2D eigenvalue weighted by atomic mass is 16.7. The molecule has 0 saturated carbocycles. The highest BCUT2D eigenvalue weighted by Gasteiger charge is 2.52. The summed E-state index contributed by atoms with van der Waals surface area (Å²) in [7, 11) is -0.496. The molecular weight excluding hydrogens is 355 g/mol. The molecule has 0 atom stereocenters. The molecule has 1 aromatic rings. The Bertz CT molecular complexity index is 726. The first-order valence-electron chi connectivity index (χ1n) is 9.91. The van der Waals surface area contributed by atoms with E-state index >= 15 is 0 Å². The topological polar surface area (TPSA) is 60.0 Å². The van der Waals surface area contributed by atoms with E-state index in [1.54, 1.807) is 0 Å². The average Bonchev–Trinajstić information content (AvgIpc) is 2.87. The highest BCUT2D eigenvalue weighted by molar-refractivity contribution is 6.56. The van der Waals surface area contributed by atoms with Gasteiger partial charge in [0.1, 0.15) is 0 Å². The van der Waals surface area contributed by atoms with Crippen molar-refractivity contribution in [3.05, 3.63) is 35.3 Å². The third kappa shape index (κ3) is 4.77. The number of rotatable bonds is 5. The molecule has 152 valence electrons. The highest BCUT2D eigenvalue weighted by Crippen LogP contribution is 2.38. The molecule has 2 aliphatic rings. The first-order valence-corrected chi connectivity index (χ1v) is 9.91. The Morgan fingerprint density at radius 2 is 1.82 bits per heavy atom. The Labute approximate surface area is 168 Å². The van der Waals surface area contributed by atoms with Gasteiger partial charge in [-0.15, -0.1) is 0 Å². The largest absolute Gasteiger partial charge is 0.492 e. The zero-order chi connectivity index (χ0) is 20.4.